The van der Waals surface area contributed by atoms with Crippen LogP contribution in [0.4, 0.5) is 4.79 Å². The highest BCUT2D eigenvalue weighted by atomic mass is 16.2. The van der Waals surface area contributed by atoms with E-state index in [4.69, 9.17) is 0 Å². The summed E-state index contributed by atoms with van der Waals surface area (Å²) in [5.41, 5.74) is 2.51. The van der Waals surface area contributed by atoms with Crippen molar-refractivity contribution >= 4 is 11.9 Å². The number of rotatable bonds is 10. The summed E-state index contributed by atoms with van der Waals surface area (Å²) in [7, 11) is 0. The lowest BCUT2D eigenvalue weighted by Gasteiger charge is -2.34. The van der Waals surface area contributed by atoms with Gasteiger partial charge in [0, 0.05) is 38.0 Å². The second-order valence-electron chi connectivity index (χ2n) is 8.58. The Bertz CT molecular complexity index is 780. The number of amides is 3. The fourth-order valence-electron chi connectivity index (χ4n) is 4.66. The van der Waals surface area contributed by atoms with Gasteiger partial charge >= 0.3 is 6.03 Å². The molecule has 0 saturated heterocycles. The van der Waals surface area contributed by atoms with Crippen molar-refractivity contribution in [1.29, 1.82) is 0 Å². The maximum Gasteiger partial charge on any atom is 0.317 e. The summed E-state index contributed by atoms with van der Waals surface area (Å²) in [6.07, 6.45) is 6.81. The highest BCUT2D eigenvalue weighted by Crippen LogP contribution is 2.27. The molecule has 0 unspecified atom stereocenters. The van der Waals surface area contributed by atoms with Gasteiger partial charge in [-0.2, -0.15) is 0 Å². The monoisotopic (exact) mass is 435 g/mol. The van der Waals surface area contributed by atoms with Gasteiger partial charge in [-0.1, -0.05) is 79.9 Å². The summed E-state index contributed by atoms with van der Waals surface area (Å²) in [6, 6.07) is 21.1. The quantitative estimate of drug-likeness (QED) is 0.547. The minimum atomic E-state index is -0.0413. The van der Waals surface area contributed by atoms with Crippen LogP contribution in [-0.4, -0.2) is 42.5 Å². The molecule has 1 saturated carbocycles. The third-order valence-corrected chi connectivity index (χ3v) is 6.34. The number of urea groups is 1. The van der Waals surface area contributed by atoms with Crippen molar-refractivity contribution in [2.75, 3.05) is 19.6 Å². The molecule has 0 aliphatic heterocycles. The van der Waals surface area contributed by atoms with Crippen LogP contribution in [0.25, 0.3) is 0 Å². The topological polar surface area (TPSA) is 61.4 Å². The molecule has 2 aromatic rings. The highest BCUT2D eigenvalue weighted by Gasteiger charge is 2.25. The van der Waals surface area contributed by atoms with Crippen molar-refractivity contribution in [2.45, 2.75) is 63.8 Å². The molecule has 1 fully saturated rings. The first-order valence-corrected chi connectivity index (χ1v) is 12.1. The van der Waals surface area contributed by atoms with Crippen molar-refractivity contribution in [3.05, 3.63) is 71.8 Å². The molecule has 2 aromatic carbocycles. The Kier molecular flexibility index (Phi) is 9.60. The number of nitrogens with one attached hydrogen (secondary N) is 2. The molecule has 0 bridgehead atoms. The van der Waals surface area contributed by atoms with Gasteiger partial charge < -0.3 is 15.5 Å². The van der Waals surface area contributed by atoms with E-state index < -0.39 is 0 Å². The number of benzene rings is 2. The lowest BCUT2D eigenvalue weighted by molar-refractivity contribution is -0.121. The number of nitrogens with zero attached hydrogens (tertiary/aromatic N) is 1. The van der Waals surface area contributed by atoms with E-state index in [2.05, 4.69) is 59.2 Å². The fourth-order valence-corrected chi connectivity index (χ4v) is 4.66. The van der Waals surface area contributed by atoms with E-state index in [1.807, 2.05) is 24.0 Å². The first kappa shape index (κ1) is 23.8. The second kappa shape index (κ2) is 12.9. The molecular weight excluding hydrogens is 398 g/mol. The number of carbonyl (C=O) groups is 2. The maximum absolute atomic E-state index is 12.6. The number of hydrogen-bond acceptors (Lipinski definition) is 2. The molecule has 2 N–H and O–H groups in total. The van der Waals surface area contributed by atoms with Gasteiger partial charge in [0.2, 0.25) is 5.91 Å². The third kappa shape index (κ3) is 7.11. The standard InChI is InChI=1S/C27H37N3O2/c1-2-28-27(32)30(24-16-10-5-11-17-24)21-19-26(31)29-20-18-25(22-12-6-3-7-13-22)23-14-8-4-9-15-23/h3-4,6-9,12-15,24-25H,2,5,10-11,16-21H2,1H3,(H,28,32)(H,29,31). The molecule has 5 heteroatoms. The SMILES string of the molecule is CCNC(=O)N(CCC(=O)NCCC(c1ccccc1)c1ccccc1)C1CCCCC1. The lowest BCUT2D eigenvalue weighted by atomic mass is 9.88. The Morgan fingerprint density at radius 1 is 0.906 bits per heavy atom. The van der Waals surface area contributed by atoms with E-state index in [0.29, 0.717) is 26.1 Å². The van der Waals surface area contributed by atoms with E-state index in [0.717, 1.165) is 32.1 Å². The summed E-state index contributed by atoms with van der Waals surface area (Å²) in [5.74, 6) is 0.252. The molecule has 32 heavy (non-hydrogen) atoms. The molecule has 0 heterocycles. The molecule has 0 aromatic heterocycles. The third-order valence-electron chi connectivity index (χ3n) is 6.34. The van der Waals surface area contributed by atoms with E-state index in [-0.39, 0.29) is 23.9 Å². The normalized spacial score (nSPS) is 14.2. The Morgan fingerprint density at radius 3 is 2.06 bits per heavy atom. The molecule has 1 aliphatic carbocycles. The minimum Gasteiger partial charge on any atom is -0.356 e. The molecule has 3 amide bonds. The summed E-state index contributed by atoms with van der Waals surface area (Å²) >= 11 is 0. The van der Waals surface area contributed by atoms with Crippen LogP contribution >= 0.6 is 0 Å². The van der Waals surface area contributed by atoms with E-state index in [9.17, 15) is 9.59 Å². The zero-order valence-electron chi connectivity index (χ0n) is 19.3. The Morgan fingerprint density at radius 2 is 1.50 bits per heavy atom. The Hall–Kier alpha value is -2.82. The Balaban J connectivity index is 1.52. The van der Waals surface area contributed by atoms with Crippen molar-refractivity contribution in [1.82, 2.24) is 15.5 Å². The first-order chi connectivity index (χ1) is 15.7. The molecule has 0 atom stereocenters. The average Bonchev–Trinajstić information content (AvgIpc) is 2.84. The number of carbonyl (C=O) groups excluding carboxylic acids is 2. The molecular formula is C27H37N3O2. The predicted molar refractivity (Wildman–Crippen MR) is 130 cm³/mol. The van der Waals surface area contributed by atoms with Crippen LogP contribution in [0.1, 0.15) is 68.9 Å². The van der Waals surface area contributed by atoms with E-state index in [1.165, 1.54) is 17.5 Å². The van der Waals surface area contributed by atoms with Crippen molar-refractivity contribution in [2.24, 2.45) is 0 Å². The minimum absolute atomic E-state index is 0.00924. The molecule has 3 rings (SSSR count). The van der Waals surface area contributed by atoms with Crippen LogP contribution < -0.4 is 10.6 Å². The maximum atomic E-state index is 12.6. The summed E-state index contributed by atoms with van der Waals surface area (Å²) in [4.78, 5) is 27.0. The largest absolute Gasteiger partial charge is 0.356 e. The summed E-state index contributed by atoms with van der Waals surface area (Å²) in [6.45, 7) is 3.62. The Labute approximate surface area is 192 Å². The van der Waals surface area contributed by atoms with E-state index >= 15 is 0 Å². The van der Waals surface area contributed by atoms with Gasteiger partial charge in [0.15, 0.2) is 0 Å². The predicted octanol–water partition coefficient (Wildman–Crippen LogP) is 5.08. The van der Waals surface area contributed by atoms with Crippen LogP contribution in [0.2, 0.25) is 0 Å². The molecule has 5 nitrogen and oxygen atoms in total. The van der Waals surface area contributed by atoms with Crippen molar-refractivity contribution in [3.8, 4) is 0 Å². The van der Waals surface area contributed by atoms with Gasteiger partial charge in [-0.3, -0.25) is 4.79 Å². The zero-order chi connectivity index (χ0) is 22.6. The van der Waals surface area contributed by atoms with Gasteiger partial charge in [-0.05, 0) is 37.3 Å². The van der Waals surface area contributed by atoms with Crippen LogP contribution in [-0.2, 0) is 4.79 Å². The van der Waals surface area contributed by atoms with Gasteiger partial charge in [0.1, 0.15) is 0 Å². The number of hydrogen-bond donors (Lipinski definition) is 2. The zero-order valence-corrected chi connectivity index (χ0v) is 19.3. The van der Waals surface area contributed by atoms with Crippen molar-refractivity contribution < 1.29 is 9.59 Å². The molecule has 0 spiro atoms. The van der Waals surface area contributed by atoms with Crippen LogP contribution in [0.15, 0.2) is 60.7 Å². The van der Waals surface area contributed by atoms with Gasteiger partial charge in [0.25, 0.3) is 0 Å². The molecule has 172 valence electrons. The van der Waals surface area contributed by atoms with E-state index in [1.54, 1.807) is 0 Å². The van der Waals surface area contributed by atoms with Gasteiger partial charge in [0.05, 0.1) is 0 Å². The second-order valence-corrected chi connectivity index (χ2v) is 8.58. The summed E-state index contributed by atoms with van der Waals surface area (Å²) < 4.78 is 0. The smallest absolute Gasteiger partial charge is 0.317 e. The first-order valence-electron chi connectivity index (χ1n) is 12.1. The lowest BCUT2D eigenvalue weighted by Crippen LogP contribution is -2.48. The van der Waals surface area contributed by atoms with Crippen LogP contribution in [0, 0.1) is 0 Å². The molecule has 0 radical (unpaired) electrons. The van der Waals surface area contributed by atoms with Crippen LogP contribution in [0.5, 0.6) is 0 Å². The van der Waals surface area contributed by atoms with Crippen molar-refractivity contribution in [3.63, 3.8) is 0 Å². The molecule has 1 aliphatic rings. The van der Waals surface area contributed by atoms with Gasteiger partial charge in [-0.15, -0.1) is 0 Å². The highest BCUT2D eigenvalue weighted by molar-refractivity contribution is 5.78. The van der Waals surface area contributed by atoms with Gasteiger partial charge in [-0.25, -0.2) is 4.79 Å². The summed E-state index contributed by atoms with van der Waals surface area (Å²) in [5, 5.41) is 6.00. The fraction of sp³-hybridized carbons (Fsp3) is 0.481. The van der Waals surface area contributed by atoms with Crippen LogP contribution in [0.3, 0.4) is 0 Å². The average molecular weight is 436 g/mol.